The van der Waals surface area contributed by atoms with Crippen LogP contribution in [0.4, 0.5) is 5.69 Å². The minimum absolute atomic E-state index is 0.0490. The molecule has 5 heteroatoms. The second-order valence-corrected chi connectivity index (χ2v) is 5.89. The summed E-state index contributed by atoms with van der Waals surface area (Å²) in [6, 6.07) is 7.95. The third-order valence-electron chi connectivity index (χ3n) is 4.17. The molecule has 5 nitrogen and oxygen atoms in total. The van der Waals surface area contributed by atoms with Gasteiger partial charge in [0.1, 0.15) is 6.04 Å². The number of benzene rings is 1. The van der Waals surface area contributed by atoms with Crippen molar-refractivity contribution in [1.82, 2.24) is 14.1 Å². The van der Waals surface area contributed by atoms with Gasteiger partial charge in [-0.3, -0.25) is 4.79 Å². The number of carbonyl (C=O) groups excluding carboxylic acids is 1. The molecule has 3 rings (SSSR count). The molecule has 2 heterocycles. The van der Waals surface area contributed by atoms with Crippen LogP contribution in [-0.4, -0.2) is 20.0 Å². The lowest BCUT2D eigenvalue weighted by atomic mass is 10.2. The van der Waals surface area contributed by atoms with Gasteiger partial charge in [0.05, 0.1) is 6.33 Å². The number of nitrogens with zero attached hydrogens (tertiary/aromatic N) is 3. The van der Waals surface area contributed by atoms with Gasteiger partial charge in [0.25, 0.3) is 0 Å². The molecule has 1 N–H and O–H groups in total. The summed E-state index contributed by atoms with van der Waals surface area (Å²) in [6.45, 7) is 7.17. The lowest BCUT2D eigenvalue weighted by molar-refractivity contribution is -0.118. The van der Waals surface area contributed by atoms with Crippen molar-refractivity contribution in [1.29, 1.82) is 0 Å². The van der Waals surface area contributed by atoms with E-state index in [9.17, 15) is 4.79 Å². The van der Waals surface area contributed by atoms with Crippen molar-refractivity contribution in [3.63, 3.8) is 0 Å². The van der Waals surface area contributed by atoms with E-state index in [1.165, 1.54) is 11.2 Å². The van der Waals surface area contributed by atoms with Crippen LogP contribution in [-0.2, 0) is 11.3 Å². The van der Waals surface area contributed by atoms with E-state index in [0.29, 0.717) is 0 Å². The average molecular weight is 310 g/mol. The molecule has 0 bridgehead atoms. The Labute approximate surface area is 135 Å². The van der Waals surface area contributed by atoms with Gasteiger partial charge in [-0.05, 0) is 44.5 Å². The zero-order valence-electron chi connectivity index (χ0n) is 13.8. The molecule has 0 spiro atoms. The quantitative estimate of drug-likeness (QED) is 0.780. The molecular formula is C18H22N4O. The standard InChI is InChI=1S/C18H22N4O/c1-4-8-22-13(2)10-15-11-16(5-6-17(15)22)20-18(23)14(3)21-9-7-19-12-21/h5-7,9-12,14H,4,8H2,1-3H3,(H,20,23)/t14-/m1/s1. The van der Waals surface area contributed by atoms with Crippen LogP contribution in [0.2, 0.25) is 0 Å². The first-order valence-electron chi connectivity index (χ1n) is 7.98. The third-order valence-corrected chi connectivity index (χ3v) is 4.17. The fraction of sp³-hybridized carbons (Fsp3) is 0.333. The van der Waals surface area contributed by atoms with Crippen LogP contribution < -0.4 is 5.32 Å². The second-order valence-electron chi connectivity index (χ2n) is 5.89. The Bertz CT molecular complexity index is 817. The summed E-state index contributed by atoms with van der Waals surface area (Å²) >= 11 is 0. The number of rotatable bonds is 5. The van der Waals surface area contributed by atoms with Crippen molar-refractivity contribution in [2.45, 2.75) is 39.8 Å². The molecular weight excluding hydrogens is 288 g/mol. The summed E-state index contributed by atoms with van der Waals surface area (Å²) in [5, 5.41) is 4.14. The van der Waals surface area contributed by atoms with Gasteiger partial charge >= 0.3 is 0 Å². The summed E-state index contributed by atoms with van der Waals surface area (Å²) in [4.78, 5) is 16.3. The second kappa shape index (κ2) is 6.28. The maximum absolute atomic E-state index is 12.4. The molecule has 0 fully saturated rings. The van der Waals surface area contributed by atoms with E-state index in [4.69, 9.17) is 0 Å². The molecule has 0 aliphatic carbocycles. The predicted molar refractivity (Wildman–Crippen MR) is 92.5 cm³/mol. The average Bonchev–Trinajstić information content (AvgIpc) is 3.15. The smallest absolute Gasteiger partial charge is 0.247 e. The van der Waals surface area contributed by atoms with E-state index in [-0.39, 0.29) is 11.9 Å². The summed E-state index contributed by atoms with van der Waals surface area (Å²) < 4.78 is 4.10. The van der Waals surface area contributed by atoms with Crippen LogP contribution >= 0.6 is 0 Å². The summed E-state index contributed by atoms with van der Waals surface area (Å²) in [5.74, 6) is -0.0490. The summed E-state index contributed by atoms with van der Waals surface area (Å²) in [7, 11) is 0. The molecule has 1 atom stereocenters. The molecule has 120 valence electrons. The van der Waals surface area contributed by atoms with Gasteiger partial charge in [0.15, 0.2) is 0 Å². The van der Waals surface area contributed by atoms with E-state index in [0.717, 1.165) is 24.0 Å². The minimum atomic E-state index is -0.292. The Morgan fingerprint density at radius 1 is 1.35 bits per heavy atom. The van der Waals surface area contributed by atoms with Gasteiger partial charge < -0.3 is 14.5 Å². The number of hydrogen-bond acceptors (Lipinski definition) is 2. The Morgan fingerprint density at radius 3 is 2.87 bits per heavy atom. The van der Waals surface area contributed by atoms with E-state index in [1.807, 2.05) is 19.1 Å². The van der Waals surface area contributed by atoms with Crippen molar-refractivity contribution in [2.24, 2.45) is 0 Å². The van der Waals surface area contributed by atoms with Gasteiger partial charge in [0.2, 0.25) is 5.91 Å². The molecule has 0 unspecified atom stereocenters. The molecule has 1 aromatic carbocycles. The van der Waals surface area contributed by atoms with Crippen LogP contribution in [0, 0.1) is 6.92 Å². The maximum Gasteiger partial charge on any atom is 0.247 e. The number of hydrogen-bond donors (Lipinski definition) is 1. The van der Waals surface area contributed by atoms with Crippen molar-refractivity contribution in [3.8, 4) is 0 Å². The molecule has 2 aromatic heterocycles. The lowest BCUT2D eigenvalue weighted by Gasteiger charge is -2.13. The number of amides is 1. The number of aryl methyl sites for hydroxylation is 2. The zero-order valence-corrected chi connectivity index (χ0v) is 13.8. The normalized spacial score (nSPS) is 12.5. The van der Waals surface area contributed by atoms with E-state index >= 15 is 0 Å². The Morgan fingerprint density at radius 2 is 2.17 bits per heavy atom. The first kappa shape index (κ1) is 15.3. The van der Waals surface area contributed by atoms with Crippen molar-refractivity contribution < 1.29 is 4.79 Å². The highest BCUT2D eigenvalue weighted by Gasteiger charge is 2.15. The third kappa shape index (κ3) is 2.99. The van der Waals surface area contributed by atoms with E-state index in [1.54, 1.807) is 23.3 Å². The van der Waals surface area contributed by atoms with Gasteiger partial charge in [0, 0.05) is 41.2 Å². The van der Waals surface area contributed by atoms with Gasteiger partial charge in [-0.25, -0.2) is 4.98 Å². The topological polar surface area (TPSA) is 51.9 Å². The number of nitrogens with one attached hydrogen (secondary N) is 1. The SMILES string of the molecule is CCCn1c(C)cc2cc(NC(=O)[C@@H](C)n3ccnc3)ccc21. The van der Waals surface area contributed by atoms with Gasteiger partial charge in [-0.2, -0.15) is 0 Å². The van der Waals surface area contributed by atoms with Crippen LogP contribution in [0.3, 0.4) is 0 Å². The molecule has 23 heavy (non-hydrogen) atoms. The molecule has 0 radical (unpaired) electrons. The van der Waals surface area contributed by atoms with E-state index in [2.05, 4.69) is 40.8 Å². The molecule has 0 saturated heterocycles. The highest BCUT2D eigenvalue weighted by atomic mass is 16.2. The lowest BCUT2D eigenvalue weighted by Crippen LogP contribution is -2.22. The Hall–Kier alpha value is -2.56. The monoisotopic (exact) mass is 310 g/mol. The number of anilines is 1. The molecule has 0 saturated carbocycles. The summed E-state index contributed by atoms with van der Waals surface area (Å²) in [5.41, 5.74) is 3.28. The van der Waals surface area contributed by atoms with Crippen LogP contribution in [0.5, 0.6) is 0 Å². The minimum Gasteiger partial charge on any atom is -0.345 e. The highest BCUT2D eigenvalue weighted by Crippen LogP contribution is 2.24. The number of carbonyl (C=O) groups is 1. The van der Waals surface area contributed by atoms with Crippen molar-refractivity contribution >= 4 is 22.5 Å². The summed E-state index contributed by atoms with van der Waals surface area (Å²) in [6.07, 6.45) is 6.23. The van der Waals surface area contributed by atoms with Crippen LogP contribution in [0.25, 0.3) is 10.9 Å². The predicted octanol–water partition coefficient (Wildman–Crippen LogP) is 3.76. The zero-order chi connectivity index (χ0) is 16.4. The van der Waals surface area contributed by atoms with E-state index < -0.39 is 0 Å². The fourth-order valence-electron chi connectivity index (χ4n) is 2.89. The molecule has 3 aromatic rings. The van der Waals surface area contributed by atoms with Gasteiger partial charge in [-0.15, -0.1) is 0 Å². The van der Waals surface area contributed by atoms with Crippen LogP contribution in [0.1, 0.15) is 32.0 Å². The highest BCUT2D eigenvalue weighted by molar-refractivity contribution is 5.96. The van der Waals surface area contributed by atoms with Crippen molar-refractivity contribution in [2.75, 3.05) is 5.32 Å². The Kier molecular flexibility index (Phi) is 4.19. The number of aromatic nitrogens is 3. The fourth-order valence-corrected chi connectivity index (χ4v) is 2.89. The number of imidazole rings is 1. The molecule has 1 amide bonds. The molecule has 0 aliphatic heterocycles. The number of fused-ring (bicyclic) bond motifs is 1. The van der Waals surface area contributed by atoms with Gasteiger partial charge in [-0.1, -0.05) is 6.92 Å². The van der Waals surface area contributed by atoms with Crippen LogP contribution in [0.15, 0.2) is 43.0 Å². The first-order valence-corrected chi connectivity index (χ1v) is 7.98. The van der Waals surface area contributed by atoms with Crippen molar-refractivity contribution in [3.05, 3.63) is 48.7 Å². The first-order chi connectivity index (χ1) is 11.1. The largest absolute Gasteiger partial charge is 0.345 e. The maximum atomic E-state index is 12.4. The Balaban J connectivity index is 1.82. The molecule has 0 aliphatic rings.